The zero-order chi connectivity index (χ0) is 32.6. The Hall–Kier alpha value is -4.28. The van der Waals surface area contributed by atoms with Crippen molar-refractivity contribution in [2.45, 2.75) is 69.1 Å². The molecule has 2 rings (SSSR count). The molecule has 1 aromatic carbocycles. The van der Waals surface area contributed by atoms with Crippen molar-refractivity contribution >= 4 is 41.8 Å². The van der Waals surface area contributed by atoms with Gasteiger partial charge in [0.2, 0.25) is 23.6 Å². The second-order valence-electron chi connectivity index (χ2n) is 10.5. The first-order valence-corrected chi connectivity index (χ1v) is 14.8. The maximum absolute atomic E-state index is 13.6. The first-order valence-electron chi connectivity index (χ1n) is 14.4. The van der Waals surface area contributed by atoms with Crippen LogP contribution in [0.5, 0.6) is 0 Å². The number of guanidine groups is 1. The van der Waals surface area contributed by atoms with Gasteiger partial charge in [-0.3, -0.25) is 24.6 Å². The second-order valence-corrected chi connectivity index (χ2v) is 10.9. The van der Waals surface area contributed by atoms with Gasteiger partial charge in [-0.15, -0.1) is 0 Å². The number of aromatic nitrogens is 2. The molecule has 0 saturated heterocycles. The van der Waals surface area contributed by atoms with E-state index in [0.717, 1.165) is 5.56 Å². The minimum absolute atomic E-state index is 0.0374. The molecule has 0 saturated carbocycles. The summed E-state index contributed by atoms with van der Waals surface area (Å²) in [5.74, 6) is -2.69. The molecular formula is C28H45N11O4S. The zero-order valence-corrected chi connectivity index (χ0v) is 25.8. The highest BCUT2D eigenvalue weighted by atomic mass is 32.1. The molecule has 0 bridgehead atoms. The van der Waals surface area contributed by atoms with Gasteiger partial charge in [-0.05, 0) is 56.4 Å². The predicted molar refractivity (Wildman–Crippen MR) is 169 cm³/mol. The summed E-state index contributed by atoms with van der Waals surface area (Å²) < 4.78 is 2.09. The minimum Gasteiger partial charge on any atom is -0.370 e. The summed E-state index contributed by atoms with van der Waals surface area (Å²) in [4.78, 5) is 55.2. The average Bonchev–Trinajstić information content (AvgIpc) is 3.30. The van der Waals surface area contributed by atoms with Crippen LogP contribution in [-0.4, -0.2) is 76.4 Å². The van der Waals surface area contributed by atoms with Crippen LogP contribution in [0.4, 0.5) is 0 Å². The largest absolute Gasteiger partial charge is 0.370 e. The monoisotopic (exact) mass is 631 g/mol. The number of nitrogens with zero attached hydrogens (tertiary/aromatic N) is 1. The van der Waals surface area contributed by atoms with Crippen molar-refractivity contribution in [1.82, 2.24) is 30.8 Å². The quantitative estimate of drug-likeness (QED) is 0.0375. The highest BCUT2D eigenvalue weighted by molar-refractivity contribution is 7.71. The van der Waals surface area contributed by atoms with Gasteiger partial charge in [0.1, 0.15) is 18.1 Å². The van der Waals surface area contributed by atoms with Crippen LogP contribution in [0.15, 0.2) is 36.5 Å². The molecule has 16 heteroatoms. The molecular weight excluding hydrogens is 586 g/mol. The van der Waals surface area contributed by atoms with Gasteiger partial charge in [-0.25, -0.2) is 0 Å². The Morgan fingerprint density at radius 1 is 0.909 bits per heavy atom. The second kappa shape index (κ2) is 18.4. The lowest BCUT2D eigenvalue weighted by molar-refractivity contribution is -0.133. The summed E-state index contributed by atoms with van der Waals surface area (Å²) in [7, 11) is 1.74. The third-order valence-electron chi connectivity index (χ3n) is 6.86. The molecule has 15 nitrogen and oxygen atoms in total. The number of H-pyrrole nitrogens is 1. The Balaban J connectivity index is 2.21. The number of hydrogen-bond acceptors (Lipinski definition) is 8. The topological polar surface area (TPSA) is 265 Å². The number of benzene rings is 1. The number of nitrogens with one attached hydrogen (secondary N) is 6. The summed E-state index contributed by atoms with van der Waals surface area (Å²) in [6.45, 7) is 0.753. The fourth-order valence-corrected chi connectivity index (χ4v) is 4.60. The predicted octanol–water partition coefficient (Wildman–Crippen LogP) is -1.47. The van der Waals surface area contributed by atoms with E-state index < -0.39 is 47.8 Å². The minimum atomic E-state index is -1.11. The molecule has 2 aromatic rings. The van der Waals surface area contributed by atoms with Crippen LogP contribution in [0.2, 0.25) is 0 Å². The van der Waals surface area contributed by atoms with Crippen LogP contribution < -0.4 is 44.2 Å². The SMILES string of the molecule is Cn1cc(C[C@H](NC(=O)[C@H](N)CCCNC(=N)N)C(=O)N[C@@H](CCCCN)C(=O)N[C@@H](Cc2ccccc2)C(N)=O)[nH]c1=S. The third kappa shape index (κ3) is 12.5. The van der Waals surface area contributed by atoms with E-state index in [1.165, 1.54) is 0 Å². The molecule has 1 aromatic heterocycles. The smallest absolute Gasteiger partial charge is 0.243 e. The summed E-state index contributed by atoms with van der Waals surface area (Å²) in [6.07, 6.45) is 4.02. The van der Waals surface area contributed by atoms with Crippen molar-refractivity contribution in [2.24, 2.45) is 30.0 Å². The zero-order valence-electron chi connectivity index (χ0n) is 24.9. The van der Waals surface area contributed by atoms with Gasteiger partial charge in [-0.2, -0.15) is 0 Å². The van der Waals surface area contributed by atoms with E-state index in [4.69, 9.17) is 40.6 Å². The van der Waals surface area contributed by atoms with Crippen molar-refractivity contribution in [1.29, 1.82) is 5.41 Å². The van der Waals surface area contributed by atoms with Gasteiger partial charge in [0.05, 0.1) is 6.04 Å². The van der Waals surface area contributed by atoms with Crippen LogP contribution in [0.25, 0.3) is 0 Å². The first kappa shape index (κ1) is 35.9. The van der Waals surface area contributed by atoms with Gasteiger partial charge in [0.15, 0.2) is 10.7 Å². The highest BCUT2D eigenvalue weighted by Crippen LogP contribution is 2.08. The maximum atomic E-state index is 13.6. The summed E-state index contributed by atoms with van der Waals surface area (Å²) in [5, 5.41) is 18.0. The molecule has 0 radical (unpaired) electrons. The van der Waals surface area contributed by atoms with Gasteiger partial charge in [0, 0.05) is 38.3 Å². The molecule has 242 valence electrons. The van der Waals surface area contributed by atoms with Crippen LogP contribution in [0, 0.1) is 10.2 Å². The van der Waals surface area contributed by atoms with Crippen molar-refractivity contribution in [3.63, 3.8) is 0 Å². The number of aryl methyl sites for hydroxylation is 1. The van der Waals surface area contributed by atoms with Crippen LogP contribution in [0.1, 0.15) is 43.4 Å². The number of carbonyl (C=O) groups excluding carboxylic acids is 4. The molecule has 0 aliphatic rings. The summed E-state index contributed by atoms with van der Waals surface area (Å²) >= 11 is 5.24. The Bertz CT molecular complexity index is 1310. The number of rotatable bonds is 19. The van der Waals surface area contributed by atoms with Gasteiger partial charge in [0.25, 0.3) is 0 Å². The standard InChI is InChI=1S/C28H45N11O4S/c1-39-16-18(35-28(39)44)15-22(38-24(41)19(30)10-7-13-34-27(32)33)26(43)36-20(11-5-6-12-29)25(42)37-21(23(31)40)14-17-8-3-2-4-9-17/h2-4,8-9,16,19-22H,5-7,10-15,29-30H2,1H3,(H2,31,40)(H,35,44)(H,36,43)(H,37,42)(H,38,41)(H4,32,33,34)/t19-,20+,21+,22+/m1/s1. The van der Waals surface area contributed by atoms with E-state index in [2.05, 4.69) is 26.3 Å². The molecule has 0 spiro atoms. The van der Waals surface area contributed by atoms with Gasteiger partial charge < -0.3 is 53.8 Å². The van der Waals surface area contributed by atoms with Crippen molar-refractivity contribution < 1.29 is 19.2 Å². The van der Waals surface area contributed by atoms with Crippen LogP contribution in [0.3, 0.4) is 0 Å². The van der Waals surface area contributed by atoms with Crippen molar-refractivity contribution in [3.05, 3.63) is 52.6 Å². The first-order chi connectivity index (χ1) is 20.9. The number of hydrogen-bond donors (Lipinski definition) is 10. The number of carbonyl (C=O) groups is 4. The Kier molecular flexibility index (Phi) is 15.0. The van der Waals surface area contributed by atoms with Crippen molar-refractivity contribution in [3.8, 4) is 0 Å². The summed E-state index contributed by atoms with van der Waals surface area (Å²) in [5.41, 5.74) is 24.0. The third-order valence-corrected chi connectivity index (χ3v) is 7.25. The number of aromatic amines is 1. The van der Waals surface area contributed by atoms with Gasteiger partial charge >= 0.3 is 0 Å². The maximum Gasteiger partial charge on any atom is 0.243 e. The van der Waals surface area contributed by atoms with E-state index in [1.807, 2.05) is 30.3 Å². The van der Waals surface area contributed by atoms with E-state index >= 15 is 0 Å². The Labute approximate surface area is 261 Å². The number of nitrogens with two attached hydrogens (primary N) is 4. The molecule has 14 N–H and O–H groups in total. The van der Waals surface area contributed by atoms with Crippen molar-refractivity contribution in [2.75, 3.05) is 13.1 Å². The van der Waals surface area contributed by atoms with E-state index in [9.17, 15) is 19.2 Å². The lowest BCUT2D eigenvalue weighted by Crippen LogP contribution is -2.58. The van der Waals surface area contributed by atoms with Gasteiger partial charge in [-0.1, -0.05) is 30.3 Å². The number of amides is 4. The fourth-order valence-electron chi connectivity index (χ4n) is 4.42. The molecule has 1 heterocycles. The van der Waals surface area contributed by atoms with E-state index in [1.54, 1.807) is 17.8 Å². The number of imidazole rings is 1. The molecule has 44 heavy (non-hydrogen) atoms. The van der Waals surface area contributed by atoms with E-state index in [-0.39, 0.29) is 31.6 Å². The molecule has 0 aliphatic heterocycles. The lowest BCUT2D eigenvalue weighted by atomic mass is 10.0. The fraction of sp³-hybridized carbons (Fsp3) is 0.500. The average molecular weight is 632 g/mol. The van der Waals surface area contributed by atoms with Crippen LogP contribution in [-0.2, 0) is 39.1 Å². The molecule has 4 amide bonds. The van der Waals surface area contributed by atoms with E-state index in [0.29, 0.717) is 42.8 Å². The molecule has 0 fully saturated rings. The Morgan fingerprint density at radius 2 is 1.55 bits per heavy atom. The molecule has 4 atom stereocenters. The number of unbranched alkanes of at least 4 members (excludes halogenated alkanes) is 1. The summed E-state index contributed by atoms with van der Waals surface area (Å²) in [6, 6.07) is 5.00. The molecule has 0 unspecified atom stereocenters. The highest BCUT2D eigenvalue weighted by Gasteiger charge is 2.30. The lowest BCUT2D eigenvalue weighted by Gasteiger charge is -2.25. The number of primary amides is 1. The van der Waals surface area contributed by atoms with Crippen LogP contribution >= 0.6 is 12.2 Å². The Morgan fingerprint density at radius 3 is 2.14 bits per heavy atom. The molecule has 0 aliphatic carbocycles. The normalized spacial score (nSPS) is 13.6.